The van der Waals surface area contributed by atoms with Gasteiger partial charge in [-0.25, -0.2) is 9.37 Å². The van der Waals surface area contributed by atoms with E-state index in [2.05, 4.69) is 27.5 Å². The third-order valence-corrected chi connectivity index (χ3v) is 4.69. The van der Waals surface area contributed by atoms with Crippen molar-refractivity contribution in [2.75, 3.05) is 10.6 Å². The number of rotatable bonds is 6. The van der Waals surface area contributed by atoms with Crippen molar-refractivity contribution in [1.29, 1.82) is 0 Å². The maximum Gasteiger partial charge on any atom is 0.225 e. The van der Waals surface area contributed by atoms with Gasteiger partial charge in [0.15, 0.2) is 0 Å². The van der Waals surface area contributed by atoms with Gasteiger partial charge in [0.25, 0.3) is 0 Å². The van der Waals surface area contributed by atoms with Gasteiger partial charge in [0.2, 0.25) is 5.95 Å². The molecule has 4 nitrogen and oxygen atoms in total. The van der Waals surface area contributed by atoms with Gasteiger partial charge < -0.3 is 10.6 Å². The molecule has 0 bridgehead atoms. The molecule has 2 N–H and O–H groups in total. The summed E-state index contributed by atoms with van der Waals surface area (Å²) < 4.78 is 13.8. The van der Waals surface area contributed by atoms with Crippen molar-refractivity contribution in [3.05, 3.63) is 59.9 Å². The van der Waals surface area contributed by atoms with E-state index in [-0.39, 0.29) is 5.82 Å². The summed E-state index contributed by atoms with van der Waals surface area (Å²) in [5.41, 5.74) is 1.47. The van der Waals surface area contributed by atoms with Gasteiger partial charge in [-0.05, 0) is 43.9 Å². The lowest BCUT2D eigenvalue weighted by molar-refractivity contribution is 0.612. The van der Waals surface area contributed by atoms with Crippen molar-refractivity contribution in [2.45, 2.75) is 32.4 Å². The van der Waals surface area contributed by atoms with E-state index in [0.717, 1.165) is 22.6 Å². The molecule has 1 fully saturated rings. The van der Waals surface area contributed by atoms with Crippen LogP contribution in [0, 0.1) is 11.7 Å². The number of halogens is 1. The number of fused-ring (bicyclic) bond motifs is 1. The second-order valence-electron chi connectivity index (χ2n) is 6.63. The summed E-state index contributed by atoms with van der Waals surface area (Å²) in [6.45, 7) is 2.55. The fourth-order valence-corrected chi connectivity index (χ4v) is 3.01. The highest BCUT2D eigenvalue weighted by molar-refractivity contribution is 5.90. The molecule has 1 aromatic heterocycles. The highest BCUT2D eigenvalue weighted by Gasteiger charge is 2.28. The lowest BCUT2D eigenvalue weighted by Crippen LogP contribution is -2.19. The molecule has 5 heteroatoms. The van der Waals surface area contributed by atoms with Crippen LogP contribution in [0.4, 0.5) is 16.2 Å². The number of nitrogens with zero attached hydrogens (tertiary/aromatic N) is 2. The van der Waals surface area contributed by atoms with E-state index in [1.807, 2.05) is 30.3 Å². The topological polar surface area (TPSA) is 49.8 Å². The molecule has 128 valence electrons. The largest absolute Gasteiger partial charge is 0.367 e. The van der Waals surface area contributed by atoms with E-state index in [0.29, 0.717) is 24.1 Å². The fourth-order valence-electron chi connectivity index (χ4n) is 3.01. The summed E-state index contributed by atoms with van der Waals surface area (Å²) in [7, 11) is 0. The predicted molar refractivity (Wildman–Crippen MR) is 99.1 cm³/mol. The molecule has 1 atom stereocenters. The number of benzene rings is 2. The first-order valence-electron chi connectivity index (χ1n) is 8.71. The zero-order chi connectivity index (χ0) is 17.2. The Bertz CT molecular complexity index is 892. The van der Waals surface area contributed by atoms with Crippen molar-refractivity contribution in [2.24, 2.45) is 5.92 Å². The maximum absolute atomic E-state index is 13.8. The molecule has 0 radical (unpaired) electrons. The Morgan fingerprint density at radius 1 is 1.08 bits per heavy atom. The van der Waals surface area contributed by atoms with E-state index in [1.165, 1.54) is 18.9 Å². The molecular weight excluding hydrogens is 315 g/mol. The van der Waals surface area contributed by atoms with E-state index in [9.17, 15) is 4.39 Å². The van der Waals surface area contributed by atoms with Crippen molar-refractivity contribution in [3.8, 4) is 0 Å². The minimum Gasteiger partial charge on any atom is -0.367 e. The molecule has 0 amide bonds. The van der Waals surface area contributed by atoms with Crippen molar-refractivity contribution in [3.63, 3.8) is 0 Å². The van der Waals surface area contributed by atoms with Gasteiger partial charge in [0.05, 0.1) is 5.52 Å². The van der Waals surface area contributed by atoms with E-state index >= 15 is 0 Å². The highest BCUT2D eigenvalue weighted by Crippen LogP contribution is 2.34. The van der Waals surface area contributed by atoms with Gasteiger partial charge in [-0.3, -0.25) is 0 Å². The Morgan fingerprint density at radius 2 is 1.84 bits per heavy atom. The minimum atomic E-state index is -0.225. The molecule has 0 unspecified atom stereocenters. The van der Waals surface area contributed by atoms with E-state index in [1.54, 1.807) is 12.1 Å². The van der Waals surface area contributed by atoms with Crippen LogP contribution in [-0.4, -0.2) is 16.0 Å². The molecule has 1 heterocycles. The Labute approximate surface area is 146 Å². The molecule has 1 aliphatic rings. The zero-order valence-electron chi connectivity index (χ0n) is 14.2. The summed E-state index contributed by atoms with van der Waals surface area (Å²) in [5, 5.41) is 7.69. The second kappa shape index (κ2) is 6.67. The molecule has 1 aliphatic carbocycles. The first-order chi connectivity index (χ1) is 12.2. The van der Waals surface area contributed by atoms with Gasteiger partial charge in [0, 0.05) is 23.5 Å². The number of aromatic nitrogens is 2. The molecule has 1 saturated carbocycles. The van der Waals surface area contributed by atoms with Crippen LogP contribution in [0.1, 0.15) is 25.3 Å². The maximum atomic E-state index is 13.8. The first-order valence-corrected chi connectivity index (χ1v) is 8.71. The lowest BCUT2D eigenvalue weighted by atomic mass is 10.2. The molecule has 2 aromatic carbocycles. The van der Waals surface area contributed by atoms with Crippen LogP contribution in [0.2, 0.25) is 0 Å². The summed E-state index contributed by atoms with van der Waals surface area (Å²) >= 11 is 0. The Kier molecular flexibility index (Phi) is 4.22. The van der Waals surface area contributed by atoms with Crippen molar-refractivity contribution >= 4 is 22.7 Å². The number of hydrogen-bond donors (Lipinski definition) is 2. The van der Waals surface area contributed by atoms with Gasteiger partial charge >= 0.3 is 0 Å². The monoisotopic (exact) mass is 336 g/mol. The van der Waals surface area contributed by atoms with Crippen LogP contribution in [0.25, 0.3) is 10.9 Å². The van der Waals surface area contributed by atoms with Gasteiger partial charge in [0.1, 0.15) is 11.6 Å². The summed E-state index contributed by atoms with van der Waals surface area (Å²) in [6.07, 6.45) is 2.55. The van der Waals surface area contributed by atoms with Crippen LogP contribution in [0.3, 0.4) is 0 Å². The quantitative estimate of drug-likeness (QED) is 0.691. The summed E-state index contributed by atoms with van der Waals surface area (Å²) in [4.78, 5) is 9.20. The van der Waals surface area contributed by atoms with Crippen LogP contribution in [0.15, 0.2) is 48.5 Å². The van der Waals surface area contributed by atoms with Crippen LogP contribution in [0.5, 0.6) is 0 Å². The standard InChI is InChI=1S/C20H21FN4/c1-13(14-10-11-14)23-19-16-7-3-5-9-18(16)24-20(25-19)22-12-15-6-2-4-8-17(15)21/h2-9,13-14H,10-12H2,1H3,(H2,22,23,24,25)/t13-/m1/s1. The predicted octanol–water partition coefficient (Wildman–Crippen LogP) is 4.59. The fraction of sp³-hybridized carbons (Fsp3) is 0.300. The first kappa shape index (κ1) is 15.8. The molecule has 4 rings (SSSR count). The minimum absolute atomic E-state index is 0.225. The highest BCUT2D eigenvalue weighted by atomic mass is 19.1. The van der Waals surface area contributed by atoms with Gasteiger partial charge in [-0.2, -0.15) is 4.98 Å². The van der Waals surface area contributed by atoms with Gasteiger partial charge in [-0.15, -0.1) is 0 Å². The third kappa shape index (κ3) is 3.55. The number of anilines is 2. The summed E-state index contributed by atoms with van der Waals surface area (Å²) in [6, 6.07) is 15.1. The Morgan fingerprint density at radius 3 is 2.64 bits per heavy atom. The lowest BCUT2D eigenvalue weighted by Gasteiger charge is -2.16. The van der Waals surface area contributed by atoms with E-state index in [4.69, 9.17) is 0 Å². The average molecular weight is 336 g/mol. The molecule has 0 saturated heterocycles. The summed E-state index contributed by atoms with van der Waals surface area (Å²) in [5.74, 6) is 1.84. The second-order valence-corrected chi connectivity index (χ2v) is 6.63. The third-order valence-electron chi connectivity index (χ3n) is 4.69. The molecular formula is C20H21FN4. The molecule has 3 aromatic rings. The Hall–Kier alpha value is -2.69. The smallest absolute Gasteiger partial charge is 0.225 e. The molecule has 25 heavy (non-hydrogen) atoms. The van der Waals surface area contributed by atoms with Crippen molar-refractivity contribution < 1.29 is 4.39 Å². The average Bonchev–Trinajstić information content (AvgIpc) is 3.46. The van der Waals surface area contributed by atoms with E-state index < -0.39 is 0 Å². The zero-order valence-corrected chi connectivity index (χ0v) is 14.2. The van der Waals surface area contributed by atoms with Crippen LogP contribution >= 0.6 is 0 Å². The van der Waals surface area contributed by atoms with Crippen LogP contribution < -0.4 is 10.6 Å². The molecule has 0 spiro atoms. The molecule has 0 aliphatic heterocycles. The normalized spacial score (nSPS) is 15.1. The number of nitrogens with one attached hydrogen (secondary N) is 2. The van der Waals surface area contributed by atoms with Crippen molar-refractivity contribution in [1.82, 2.24) is 9.97 Å². The van der Waals surface area contributed by atoms with Crippen LogP contribution in [-0.2, 0) is 6.54 Å². The SMILES string of the molecule is C[C@@H](Nc1nc(NCc2ccccc2F)nc2ccccc12)C1CC1. The Balaban J connectivity index is 1.61. The van der Waals surface area contributed by atoms with Gasteiger partial charge in [-0.1, -0.05) is 30.3 Å². The number of para-hydroxylation sites is 1. The number of hydrogen-bond acceptors (Lipinski definition) is 4.